The van der Waals surface area contributed by atoms with Gasteiger partial charge < -0.3 is 72.5 Å². The first-order valence-corrected chi connectivity index (χ1v) is 53.5. The molecule has 7 aromatic heterocycles. The van der Waals surface area contributed by atoms with Crippen LogP contribution in [0.25, 0.3) is 0 Å². The molecule has 14 heterocycles. The van der Waals surface area contributed by atoms with Crippen LogP contribution in [0.1, 0.15) is 127 Å². The lowest BCUT2D eigenvalue weighted by molar-refractivity contribution is -0.0661. The lowest BCUT2D eigenvalue weighted by Gasteiger charge is -2.26. The molecule has 7 aromatic rings. The molecule has 16 N–H and O–H groups in total. The molecular formula is C73H96N15O49P7. The quantitative estimate of drug-likeness (QED) is 0.0132. The molecule has 71 heteroatoms. The summed E-state index contributed by atoms with van der Waals surface area (Å²) in [4.78, 5) is 274. The third-order valence-corrected chi connectivity index (χ3v) is 30.5. The first-order chi connectivity index (χ1) is 67.4. The minimum Gasteiger partial charge on any atom is -0.394 e. The smallest absolute Gasteiger partial charge is 0.394 e. The highest BCUT2D eigenvalue weighted by molar-refractivity contribution is 7.50. The average Bonchev–Trinajstić information content (AvgIpc) is 1.66. The molecule has 0 amide bonds. The lowest BCUT2D eigenvalue weighted by atomic mass is 10.2. The number of nitrogens with zero attached hydrogens (tertiary/aromatic N) is 7. The van der Waals surface area contributed by atoms with Crippen molar-refractivity contribution in [3.63, 3.8) is 0 Å². The molecule has 792 valence electrons. The Bertz CT molecular complexity index is 7250. The second-order valence-electron chi connectivity index (χ2n) is 33.7. The molecule has 7 fully saturated rings. The normalized spacial score (nSPS) is 29.5. The Balaban J connectivity index is 0.666. The molecule has 28 atom stereocenters. The van der Waals surface area contributed by atoms with Crippen molar-refractivity contribution >= 4 is 54.7 Å². The Hall–Kier alpha value is -9.23. The number of aryl methyl sites for hydroxylation is 7. The molecule has 7 aliphatic heterocycles. The van der Waals surface area contributed by atoms with Gasteiger partial charge in [0.2, 0.25) is 0 Å². The van der Waals surface area contributed by atoms with E-state index in [9.17, 15) is 138 Å². The fourth-order valence-corrected chi connectivity index (χ4v) is 22.8. The van der Waals surface area contributed by atoms with Crippen LogP contribution in [0.3, 0.4) is 0 Å². The highest BCUT2D eigenvalue weighted by atomic mass is 31.2. The molecule has 0 bridgehead atoms. The second-order valence-corrected chi connectivity index (χ2v) is 43.7. The van der Waals surface area contributed by atoms with Crippen LogP contribution >= 0.6 is 54.7 Å². The van der Waals surface area contributed by atoms with Gasteiger partial charge in [-0.05, 0) is 48.5 Å². The maximum Gasteiger partial charge on any atom is 0.472 e. The van der Waals surface area contributed by atoms with Crippen LogP contribution < -0.4 is 83.8 Å². The number of aromatic nitrogens is 14. The maximum absolute atomic E-state index is 14.5. The number of rotatable bonds is 42. The number of aliphatic hydroxyl groups excluding tert-OH is 1. The summed E-state index contributed by atoms with van der Waals surface area (Å²) in [6, 6.07) is 0. The Morgan fingerprint density at radius 1 is 0.292 bits per heavy atom. The van der Waals surface area contributed by atoms with E-state index in [-0.39, 0.29) is 38.9 Å². The van der Waals surface area contributed by atoms with Crippen molar-refractivity contribution in [2.75, 3.05) is 52.8 Å². The highest BCUT2D eigenvalue weighted by Gasteiger charge is 2.54. The molecule has 64 nitrogen and oxygen atoms in total. The average molecular weight is 2180 g/mol. The standard InChI is InChI=1S/C73H96N15O49P7/c1-9-10-74-138(104,105)131-40-12-54(83-19-33(3)61(91)76-68(83)98)125-47(40)26-118-140(108,109)133-42-14-56(85-21-35(5)63(93)78-70(85)100)127-49(42)28-120-142(112,113)135-44-16-58(87-23-37(7)65(95)80-72(87)102)129-51(44)30-122-144(116,117)137-45-17-59(88-24-38(8)66(96)81-73(88)103)130-52(45)31-123-143(114,115)136-43-15-57(86-22-36(6)64(94)79-71(86)101)128-50(43)29-121-141(110,111)134-41-13-55(84-20-34(4)62(92)77-69(84)99)126-48(41)27-119-139(106,107)132-39-11-53(124-46(39)25-89)82-18-32(2)60(90)75-67(82)97/h1,18-24,39-59,89H,10-17,25-31H2,2-8H3,(H,106,107)(H,108,109)(H,110,111)(H,112,113)(H,114,115)(H,116,117)(H2,74,104,105)(H,75,90,97)(H,76,91,98)(H,77,92,99)(H,78,93,100)(H,79,94,101)(H,80,95,102)(H,81,96,103)/t39-,40-,41-,42-,43-,44-,45-,46+,47+,48+,49+,50+,51+,52+,53+,54+,55+,56+,57+,58+,59+/m0/s1. The number of terminal acetylenes is 1. The fourth-order valence-electron chi connectivity index (χ4n) is 16.1. The minimum atomic E-state index is -5.82. The zero-order chi connectivity index (χ0) is 105. The van der Waals surface area contributed by atoms with Crippen molar-refractivity contribution in [3.05, 3.63) is 228 Å². The van der Waals surface area contributed by atoms with Gasteiger partial charge in [-0.2, -0.15) is 0 Å². The van der Waals surface area contributed by atoms with Crippen molar-refractivity contribution in [1.82, 2.24) is 71.9 Å². The summed E-state index contributed by atoms with van der Waals surface area (Å²) in [6.07, 6.45) is -27.9. The first kappa shape index (κ1) is 110. The number of hydrogen-bond donors (Lipinski definition) is 16. The summed E-state index contributed by atoms with van der Waals surface area (Å²) in [6.45, 7) is 0.459. The topological polar surface area (TPSA) is 862 Å². The largest absolute Gasteiger partial charge is 0.472 e. The van der Waals surface area contributed by atoms with E-state index < -0.39 is 360 Å². The van der Waals surface area contributed by atoms with Crippen LogP contribution in [-0.4, -0.2) is 244 Å². The van der Waals surface area contributed by atoms with Gasteiger partial charge in [0.05, 0.1) is 52.8 Å². The van der Waals surface area contributed by atoms with Crippen LogP contribution in [0.5, 0.6) is 0 Å². The van der Waals surface area contributed by atoms with Gasteiger partial charge in [-0.25, -0.2) is 70.6 Å². The van der Waals surface area contributed by atoms with E-state index in [2.05, 4.69) is 21.0 Å². The number of hydrogen-bond acceptors (Lipinski definition) is 42. The number of phosphoric ester groups is 6. The molecule has 0 aromatic carbocycles. The van der Waals surface area contributed by atoms with E-state index in [0.29, 0.717) is 0 Å². The van der Waals surface area contributed by atoms with Gasteiger partial charge >= 0.3 is 94.5 Å². The summed E-state index contributed by atoms with van der Waals surface area (Å²) in [5.74, 6) is 2.07. The summed E-state index contributed by atoms with van der Waals surface area (Å²) < 4.78 is 217. The van der Waals surface area contributed by atoms with Gasteiger partial charge in [0.15, 0.2) is 0 Å². The van der Waals surface area contributed by atoms with Gasteiger partial charge in [0.25, 0.3) is 38.9 Å². The highest BCUT2D eigenvalue weighted by Crippen LogP contribution is 2.58. The Morgan fingerprint density at radius 2 is 0.444 bits per heavy atom. The number of nitrogens with one attached hydrogen (secondary N) is 8. The van der Waals surface area contributed by atoms with Gasteiger partial charge in [-0.3, -0.25) is 159 Å². The van der Waals surface area contributed by atoms with Crippen molar-refractivity contribution < 1.29 is 163 Å². The minimum absolute atomic E-state index is 0.00626. The Kier molecular flexibility index (Phi) is 34.0. The van der Waals surface area contributed by atoms with Crippen molar-refractivity contribution in [3.8, 4) is 12.3 Å². The van der Waals surface area contributed by atoms with Crippen LogP contribution in [0.4, 0.5) is 0 Å². The van der Waals surface area contributed by atoms with Crippen molar-refractivity contribution in [2.45, 2.75) is 222 Å². The van der Waals surface area contributed by atoms with Gasteiger partial charge in [-0.1, -0.05) is 5.92 Å². The van der Waals surface area contributed by atoms with Crippen LogP contribution in [-0.2, 0) is 124 Å². The van der Waals surface area contributed by atoms with Crippen LogP contribution in [0.2, 0.25) is 0 Å². The molecule has 7 saturated heterocycles. The van der Waals surface area contributed by atoms with E-state index >= 15 is 0 Å². The van der Waals surface area contributed by atoms with E-state index in [4.69, 9.17) is 98.4 Å². The lowest BCUT2D eigenvalue weighted by Crippen LogP contribution is -2.33. The number of phosphoric acid groups is 6. The first-order valence-electron chi connectivity index (χ1n) is 43.0. The van der Waals surface area contributed by atoms with Crippen molar-refractivity contribution in [1.29, 1.82) is 0 Å². The van der Waals surface area contributed by atoms with E-state index in [1.807, 2.05) is 24.9 Å². The summed E-state index contributed by atoms with van der Waals surface area (Å²) in [5, 5.41) is 12.2. The fraction of sp³-hybridized carbons (Fsp3) is 0.589. The zero-order valence-electron chi connectivity index (χ0n) is 75.9. The Labute approximate surface area is 802 Å². The molecule has 0 saturated carbocycles. The van der Waals surface area contributed by atoms with Gasteiger partial charge in [0, 0.05) is 127 Å². The third kappa shape index (κ3) is 26.9. The van der Waals surface area contributed by atoms with Gasteiger partial charge in [0.1, 0.15) is 129 Å². The predicted octanol–water partition coefficient (Wildman–Crippen LogP) is -3.28. The predicted molar refractivity (Wildman–Crippen MR) is 475 cm³/mol. The molecule has 7 unspecified atom stereocenters. The number of H-pyrrole nitrogens is 7. The molecule has 7 aliphatic rings. The summed E-state index contributed by atoms with van der Waals surface area (Å²) in [7, 11) is -38.9. The third-order valence-electron chi connectivity index (χ3n) is 23.3. The van der Waals surface area contributed by atoms with Crippen molar-refractivity contribution in [2.24, 2.45) is 0 Å². The van der Waals surface area contributed by atoms with Crippen LogP contribution in [0, 0.1) is 60.8 Å². The second kappa shape index (κ2) is 44.3. The van der Waals surface area contributed by atoms with E-state index in [1.54, 1.807) is 0 Å². The van der Waals surface area contributed by atoms with Gasteiger partial charge in [-0.15, -0.1) is 6.42 Å². The molecule has 144 heavy (non-hydrogen) atoms. The molecule has 0 aliphatic carbocycles. The molecule has 14 rings (SSSR count). The van der Waals surface area contributed by atoms with Crippen LogP contribution in [0.15, 0.2) is 111 Å². The molecule has 0 spiro atoms. The van der Waals surface area contributed by atoms with E-state index in [1.165, 1.54) is 48.5 Å². The summed E-state index contributed by atoms with van der Waals surface area (Å²) in [5.41, 5.74) is -13.9. The zero-order valence-corrected chi connectivity index (χ0v) is 82.2. The number of ether oxygens (including phenoxy) is 7. The molecule has 0 radical (unpaired) electrons. The Morgan fingerprint density at radius 3 is 0.604 bits per heavy atom. The monoisotopic (exact) mass is 2180 g/mol. The summed E-state index contributed by atoms with van der Waals surface area (Å²) >= 11 is 0. The number of aliphatic hydroxyl groups is 1. The molecular weight excluding hydrogens is 2090 g/mol. The number of aromatic amines is 7. The maximum atomic E-state index is 14.5. The SMILES string of the molecule is C#CCNP(=O)(O)O[C@H]1C[C@H](n2cc(C)c(=O)[nH]c2=O)O[C@@H]1COP(=O)(O)O[C@H]1C[C@H](n2cc(C)c(=O)[nH]c2=O)O[C@@H]1COP(=O)(O)O[C@H]1C[C@H](n2cc(C)c(=O)[nH]c2=O)O[C@@H]1COP(=O)(O)O[C@H]1C[C@H](n2cc(C)c(=O)[nH]c2=O)O[C@@H]1COP(=O)(O)O[C@H]1C[C@H](n2cc(C)c(=O)[nH]c2=O)O[C@@H]1COP(=O)(O)O[C@H]1C[C@H](n2cc(C)c(=O)[nH]c2=O)O[C@@H]1COP(=O)(O)O[C@H]1C[C@H](n2cc(C)c(=O)[nH]c2=O)O[C@@H]1CO. The van der Waals surface area contributed by atoms with E-state index in [0.717, 1.165) is 75.3 Å².